The molecule has 0 spiro atoms. The molecule has 1 saturated heterocycles. The van der Waals surface area contributed by atoms with Gasteiger partial charge in [0.1, 0.15) is 11.2 Å². The van der Waals surface area contributed by atoms with Crippen molar-refractivity contribution in [3.8, 4) is 0 Å². The van der Waals surface area contributed by atoms with E-state index >= 15 is 0 Å². The second-order valence-corrected chi connectivity index (χ2v) is 5.10. The van der Waals surface area contributed by atoms with Crippen molar-refractivity contribution in [2.75, 3.05) is 25.1 Å². The van der Waals surface area contributed by atoms with Crippen molar-refractivity contribution in [2.24, 2.45) is 5.41 Å². The summed E-state index contributed by atoms with van der Waals surface area (Å²) < 4.78 is 5.24. The second-order valence-electron chi connectivity index (χ2n) is 5.10. The summed E-state index contributed by atoms with van der Waals surface area (Å²) in [7, 11) is 0. The molecule has 0 saturated carbocycles. The fourth-order valence-electron chi connectivity index (χ4n) is 2.05. The Labute approximate surface area is 121 Å². The second kappa shape index (κ2) is 6.04. The van der Waals surface area contributed by atoms with Crippen molar-refractivity contribution >= 4 is 17.7 Å². The summed E-state index contributed by atoms with van der Waals surface area (Å²) >= 11 is 0. The van der Waals surface area contributed by atoms with Crippen LogP contribution < -0.4 is 10.6 Å². The molecule has 0 aromatic carbocycles. The zero-order valence-corrected chi connectivity index (χ0v) is 11.9. The summed E-state index contributed by atoms with van der Waals surface area (Å²) in [5.74, 6) is -0.813. The molecule has 114 valence electrons. The first-order valence-electron chi connectivity index (χ1n) is 6.67. The van der Waals surface area contributed by atoms with Crippen molar-refractivity contribution in [3.05, 3.63) is 17.8 Å². The number of aliphatic carboxylic acids is 1. The molecule has 0 radical (unpaired) electrons. The van der Waals surface area contributed by atoms with Gasteiger partial charge in [-0.2, -0.15) is 0 Å². The monoisotopic (exact) mass is 294 g/mol. The highest BCUT2D eigenvalue weighted by Gasteiger charge is 2.46. The molecule has 8 heteroatoms. The van der Waals surface area contributed by atoms with Crippen LogP contribution in [-0.2, 0) is 9.53 Å². The maximum absolute atomic E-state index is 11.6. The summed E-state index contributed by atoms with van der Waals surface area (Å²) in [5, 5.41) is 22.6. The van der Waals surface area contributed by atoms with Gasteiger partial charge in [-0.25, -0.2) is 0 Å². The number of carbonyl (C=O) groups excluding carboxylic acids is 1. The standard InChI is InChI=1S/C13H18N4O4/c1-3-14-11(18)8-4-5-10(17-16-8)15-9-6-21-7-13(9,2)12(19)20/h4-5,9H,3,6-7H2,1-2H3,(H,14,18)(H,15,17)(H,19,20). The van der Waals surface area contributed by atoms with E-state index in [0.29, 0.717) is 12.4 Å². The lowest BCUT2D eigenvalue weighted by molar-refractivity contribution is -0.148. The molecule has 0 aliphatic carbocycles. The number of aromatic nitrogens is 2. The van der Waals surface area contributed by atoms with Crippen molar-refractivity contribution in [2.45, 2.75) is 19.9 Å². The van der Waals surface area contributed by atoms with E-state index in [1.54, 1.807) is 13.0 Å². The van der Waals surface area contributed by atoms with Gasteiger partial charge in [0.05, 0.1) is 19.3 Å². The number of hydrogen-bond donors (Lipinski definition) is 3. The Morgan fingerprint density at radius 1 is 1.48 bits per heavy atom. The van der Waals surface area contributed by atoms with Gasteiger partial charge in [0.15, 0.2) is 5.69 Å². The first-order valence-corrected chi connectivity index (χ1v) is 6.67. The van der Waals surface area contributed by atoms with Crippen LogP contribution in [-0.4, -0.2) is 53.0 Å². The average Bonchev–Trinajstić information content (AvgIpc) is 2.83. The molecule has 21 heavy (non-hydrogen) atoms. The van der Waals surface area contributed by atoms with Crippen LogP contribution in [0.4, 0.5) is 5.82 Å². The maximum Gasteiger partial charge on any atom is 0.313 e. The Morgan fingerprint density at radius 3 is 2.81 bits per heavy atom. The van der Waals surface area contributed by atoms with Crippen LogP contribution in [0.5, 0.6) is 0 Å². The van der Waals surface area contributed by atoms with Crippen molar-refractivity contribution in [1.82, 2.24) is 15.5 Å². The molecular weight excluding hydrogens is 276 g/mol. The minimum atomic E-state index is -1.01. The molecule has 2 heterocycles. The van der Waals surface area contributed by atoms with Gasteiger partial charge < -0.3 is 20.5 Å². The predicted octanol–water partition coefficient (Wildman–Crippen LogP) is 0.128. The van der Waals surface area contributed by atoms with E-state index in [9.17, 15) is 14.7 Å². The number of nitrogens with one attached hydrogen (secondary N) is 2. The third kappa shape index (κ3) is 3.10. The van der Waals surface area contributed by atoms with E-state index in [1.165, 1.54) is 6.07 Å². The van der Waals surface area contributed by atoms with Gasteiger partial charge in [-0.15, -0.1) is 10.2 Å². The van der Waals surface area contributed by atoms with Gasteiger partial charge >= 0.3 is 5.97 Å². The van der Waals surface area contributed by atoms with Gasteiger partial charge in [-0.05, 0) is 26.0 Å². The first kappa shape index (κ1) is 15.2. The predicted molar refractivity (Wildman–Crippen MR) is 74.0 cm³/mol. The molecule has 8 nitrogen and oxygen atoms in total. The minimum Gasteiger partial charge on any atom is -0.481 e. The highest BCUT2D eigenvalue weighted by atomic mass is 16.5. The number of carboxylic acid groups (broad SMARTS) is 1. The SMILES string of the molecule is CCNC(=O)c1ccc(NC2COCC2(C)C(=O)O)nn1. The molecule has 1 fully saturated rings. The van der Waals surface area contributed by atoms with Crippen LogP contribution in [0, 0.1) is 5.41 Å². The lowest BCUT2D eigenvalue weighted by Crippen LogP contribution is -2.43. The number of ether oxygens (including phenoxy) is 1. The van der Waals surface area contributed by atoms with Gasteiger partial charge in [0, 0.05) is 6.54 Å². The van der Waals surface area contributed by atoms with Gasteiger partial charge in [-0.1, -0.05) is 0 Å². The molecule has 1 aromatic rings. The number of amides is 1. The summed E-state index contributed by atoms with van der Waals surface area (Å²) in [5.41, 5.74) is -0.800. The maximum atomic E-state index is 11.6. The molecule has 3 N–H and O–H groups in total. The van der Waals surface area contributed by atoms with Crippen LogP contribution in [0.15, 0.2) is 12.1 Å². The number of rotatable bonds is 5. The molecule has 0 bridgehead atoms. The fraction of sp³-hybridized carbons (Fsp3) is 0.538. The van der Waals surface area contributed by atoms with E-state index in [4.69, 9.17) is 4.74 Å². The first-order chi connectivity index (χ1) is 9.97. The van der Waals surface area contributed by atoms with E-state index in [0.717, 1.165) is 0 Å². The Balaban J connectivity index is 2.07. The average molecular weight is 294 g/mol. The normalized spacial score (nSPS) is 24.6. The van der Waals surface area contributed by atoms with Crippen LogP contribution >= 0.6 is 0 Å². The molecule has 1 aliphatic rings. The summed E-state index contributed by atoms with van der Waals surface area (Å²) in [6.07, 6.45) is 0. The Bertz CT molecular complexity index is 533. The topological polar surface area (TPSA) is 113 Å². The molecule has 1 aliphatic heterocycles. The van der Waals surface area contributed by atoms with Gasteiger partial charge in [0.2, 0.25) is 0 Å². The molecule has 2 unspecified atom stereocenters. The highest BCUT2D eigenvalue weighted by Crippen LogP contribution is 2.30. The highest BCUT2D eigenvalue weighted by molar-refractivity contribution is 5.92. The van der Waals surface area contributed by atoms with E-state index in [-0.39, 0.29) is 24.8 Å². The van der Waals surface area contributed by atoms with Crippen molar-refractivity contribution in [3.63, 3.8) is 0 Å². The van der Waals surface area contributed by atoms with E-state index in [2.05, 4.69) is 20.8 Å². The van der Waals surface area contributed by atoms with Crippen LogP contribution in [0.25, 0.3) is 0 Å². The molecule has 2 rings (SSSR count). The van der Waals surface area contributed by atoms with Crippen LogP contribution in [0.3, 0.4) is 0 Å². The molecule has 2 atom stereocenters. The zero-order valence-electron chi connectivity index (χ0n) is 11.9. The van der Waals surface area contributed by atoms with Gasteiger partial charge in [-0.3, -0.25) is 9.59 Å². The van der Waals surface area contributed by atoms with Crippen LogP contribution in [0.1, 0.15) is 24.3 Å². The summed E-state index contributed by atoms with van der Waals surface area (Å²) in [6.45, 7) is 4.37. The van der Waals surface area contributed by atoms with E-state index in [1.807, 2.05) is 6.92 Å². The summed E-state index contributed by atoms with van der Waals surface area (Å²) in [6, 6.07) is 2.73. The third-order valence-electron chi connectivity index (χ3n) is 3.50. The Hall–Kier alpha value is -2.22. The summed E-state index contributed by atoms with van der Waals surface area (Å²) in [4.78, 5) is 22.9. The van der Waals surface area contributed by atoms with E-state index < -0.39 is 17.4 Å². The number of hydrogen-bond acceptors (Lipinski definition) is 6. The molecule has 1 aromatic heterocycles. The lowest BCUT2D eigenvalue weighted by atomic mass is 9.85. The third-order valence-corrected chi connectivity index (χ3v) is 3.50. The molecular formula is C13H18N4O4. The number of anilines is 1. The zero-order chi connectivity index (χ0) is 15.5. The quantitative estimate of drug-likeness (QED) is 0.707. The Morgan fingerprint density at radius 2 is 2.24 bits per heavy atom. The van der Waals surface area contributed by atoms with Gasteiger partial charge in [0.25, 0.3) is 5.91 Å². The number of carboxylic acids is 1. The number of nitrogens with zero attached hydrogens (tertiary/aromatic N) is 2. The smallest absolute Gasteiger partial charge is 0.313 e. The van der Waals surface area contributed by atoms with Crippen molar-refractivity contribution in [1.29, 1.82) is 0 Å². The van der Waals surface area contributed by atoms with Crippen molar-refractivity contribution < 1.29 is 19.4 Å². The molecule has 1 amide bonds. The van der Waals surface area contributed by atoms with Crippen LogP contribution in [0.2, 0.25) is 0 Å². The minimum absolute atomic E-state index is 0.143. The largest absolute Gasteiger partial charge is 0.481 e. The fourth-order valence-corrected chi connectivity index (χ4v) is 2.05. The number of carbonyl (C=O) groups is 2. The Kier molecular flexibility index (Phi) is 4.37. The lowest BCUT2D eigenvalue weighted by Gasteiger charge is -2.25.